The van der Waals surface area contributed by atoms with E-state index in [1.807, 2.05) is 30.3 Å². The SMILES string of the molecule is Cc1ccccc1C(NN)c1ccc2c(c1)OCCO2. The summed E-state index contributed by atoms with van der Waals surface area (Å²) in [5.74, 6) is 7.33. The molecule has 0 bridgehead atoms. The molecular weight excluding hydrogens is 252 g/mol. The maximum Gasteiger partial charge on any atom is 0.161 e. The van der Waals surface area contributed by atoms with Crippen molar-refractivity contribution < 1.29 is 9.47 Å². The molecule has 4 nitrogen and oxygen atoms in total. The number of hydrogen-bond acceptors (Lipinski definition) is 4. The number of rotatable bonds is 3. The zero-order valence-electron chi connectivity index (χ0n) is 11.4. The second-order valence-corrected chi connectivity index (χ2v) is 4.86. The lowest BCUT2D eigenvalue weighted by Crippen LogP contribution is -2.29. The quantitative estimate of drug-likeness (QED) is 0.664. The van der Waals surface area contributed by atoms with E-state index in [0.29, 0.717) is 13.2 Å². The van der Waals surface area contributed by atoms with E-state index in [1.54, 1.807) is 0 Å². The molecule has 3 N–H and O–H groups in total. The lowest BCUT2D eigenvalue weighted by Gasteiger charge is -2.23. The highest BCUT2D eigenvalue weighted by Gasteiger charge is 2.18. The molecule has 0 spiro atoms. The molecule has 2 aromatic carbocycles. The standard InChI is InChI=1S/C16H18N2O2/c1-11-4-2-3-5-13(11)16(18-17)12-6-7-14-15(10-12)20-9-8-19-14/h2-7,10,16,18H,8-9,17H2,1H3. The van der Waals surface area contributed by atoms with Gasteiger partial charge in [-0.1, -0.05) is 30.3 Å². The number of hydrazine groups is 1. The molecule has 0 amide bonds. The third kappa shape index (κ3) is 2.35. The van der Waals surface area contributed by atoms with Crippen LogP contribution in [-0.2, 0) is 0 Å². The van der Waals surface area contributed by atoms with E-state index in [1.165, 1.54) is 5.56 Å². The zero-order chi connectivity index (χ0) is 13.9. The Labute approximate surface area is 118 Å². The summed E-state index contributed by atoms with van der Waals surface area (Å²) < 4.78 is 11.2. The summed E-state index contributed by atoms with van der Waals surface area (Å²) in [5, 5.41) is 0. The van der Waals surface area contributed by atoms with Crippen LogP contribution in [0.1, 0.15) is 22.7 Å². The minimum atomic E-state index is -0.0629. The molecule has 0 radical (unpaired) electrons. The topological polar surface area (TPSA) is 56.5 Å². The Hall–Kier alpha value is -2.04. The summed E-state index contributed by atoms with van der Waals surface area (Å²) >= 11 is 0. The van der Waals surface area contributed by atoms with Crippen molar-refractivity contribution in [3.63, 3.8) is 0 Å². The maximum absolute atomic E-state index is 5.76. The van der Waals surface area contributed by atoms with Gasteiger partial charge < -0.3 is 9.47 Å². The van der Waals surface area contributed by atoms with Crippen LogP contribution in [0.4, 0.5) is 0 Å². The van der Waals surface area contributed by atoms with Gasteiger partial charge in [0.25, 0.3) is 0 Å². The molecular formula is C16H18N2O2. The fraction of sp³-hybridized carbons (Fsp3) is 0.250. The molecule has 0 fully saturated rings. The Morgan fingerprint density at radius 3 is 2.55 bits per heavy atom. The van der Waals surface area contributed by atoms with Crippen LogP contribution >= 0.6 is 0 Å². The van der Waals surface area contributed by atoms with Crippen molar-refractivity contribution in [1.82, 2.24) is 5.43 Å². The molecule has 4 heteroatoms. The number of hydrogen-bond donors (Lipinski definition) is 2. The van der Waals surface area contributed by atoms with Crippen LogP contribution in [0.3, 0.4) is 0 Å². The van der Waals surface area contributed by atoms with Gasteiger partial charge in [-0.3, -0.25) is 5.84 Å². The first-order valence-electron chi connectivity index (χ1n) is 6.71. The zero-order valence-corrected chi connectivity index (χ0v) is 11.4. The Kier molecular flexibility index (Phi) is 3.58. The van der Waals surface area contributed by atoms with Crippen molar-refractivity contribution in [3.05, 3.63) is 59.2 Å². The van der Waals surface area contributed by atoms with Gasteiger partial charge in [0.1, 0.15) is 13.2 Å². The van der Waals surface area contributed by atoms with Crippen molar-refractivity contribution >= 4 is 0 Å². The smallest absolute Gasteiger partial charge is 0.161 e. The second-order valence-electron chi connectivity index (χ2n) is 4.86. The fourth-order valence-electron chi connectivity index (χ4n) is 2.52. The van der Waals surface area contributed by atoms with Gasteiger partial charge in [-0.2, -0.15) is 0 Å². The second kappa shape index (κ2) is 5.53. The first-order chi connectivity index (χ1) is 9.79. The van der Waals surface area contributed by atoms with Crippen molar-refractivity contribution in [1.29, 1.82) is 0 Å². The molecule has 1 unspecified atom stereocenters. The molecule has 1 aliphatic heterocycles. The lowest BCUT2D eigenvalue weighted by molar-refractivity contribution is 0.171. The minimum Gasteiger partial charge on any atom is -0.486 e. The Bertz CT molecular complexity index is 613. The van der Waals surface area contributed by atoms with Crippen LogP contribution in [0, 0.1) is 6.92 Å². The molecule has 0 saturated heterocycles. The summed E-state index contributed by atoms with van der Waals surface area (Å²) in [5.41, 5.74) is 6.31. The van der Waals surface area contributed by atoms with Crippen LogP contribution in [-0.4, -0.2) is 13.2 Å². The van der Waals surface area contributed by atoms with Gasteiger partial charge in [-0.25, -0.2) is 5.43 Å². The van der Waals surface area contributed by atoms with Crippen LogP contribution in [0.25, 0.3) is 0 Å². The van der Waals surface area contributed by atoms with Gasteiger partial charge in [0.15, 0.2) is 11.5 Å². The highest BCUT2D eigenvalue weighted by molar-refractivity contribution is 5.47. The summed E-state index contributed by atoms with van der Waals surface area (Å²) in [6.45, 7) is 3.27. The highest BCUT2D eigenvalue weighted by Crippen LogP contribution is 2.34. The number of benzene rings is 2. The highest BCUT2D eigenvalue weighted by atomic mass is 16.6. The number of ether oxygens (including phenoxy) is 2. The lowest BCUT2D eigenvalue weighted by atomic mass is 9.95. The minimum absolute atomic E-state index is 0.0629. The predicted octanol–water partition coefficient (Wildman–Crippen LogP) is 2.32. The molecule has 0 aliphatic carbocycles. The first kappa shape index (κ1) is 13.0. The van der Waals surface area contributed by atoms with Crippen molar-refractivity contribution in [2.75, 3.05) is 13.2 Å². The normalized spacial score (nSPS) is 14.9. The Morgan fingerprint density at radius 1 is 1.05 bits per heavy atom. The van der Waals surface area contributed by atoms with E-state index in [4.69, 9.17) is 15.3 Å². The molecule has 0 aromatic heterocycles. The molecule has 1 aliphatic rings. The largest absolute Gasteiger partial charge is 0.486 e. The average molecular weight is 270 g/mol. The average Bonchev–Trinajstić information content (AvgIpc) is 2.50. The van der Waals surface area contributed by atoms with E-state index >= 15 is 0 Å². The van der Waals surface area contributed by atoms with E-state index in [9.17, 15) is 0 Å². The maximum atomic E-state index is 5.76. The number of aryl methyl sites for hydroxylation is 1. The fourth-order valence-corrected chi connectivity index (χ4v) is 2.52. The molecule has 104 valence electrons. The van der Waals surface area contributed by atoms with Crippen LogP contribution in [0.2, 0.25) is 0 Å². The number of nitrogens with two attached hydrogens (primary N) is 1. The third-order valence-corrected chi connectivity index (χ3v) is 3.57. The Morgan fingerprint density at radius 2 is 1.80 bits per heavy atom. The third-order valence-electron chi connectivity index (χ3n) is 3.57. The first-order valence-corrected chi connectivity index (χ1v) is 6.71. The summed E-state index contributed by atoms with van der Waals surface area (Å²) in [6, 6.07) is 14.1. The van der Waals surface area contributed by atoms with Gasteiger partial charge in [-0.05, 0) is 35.7 Å². The van der Waals surface area contributed by atoms with Crippen LogP contribution < -0.4 is 20.7 Å². The van der Waals surface area contributed by atoms with Gasteiger partial charge in [0.05, 0.1) is 6.04 Å². The predicted molar refractivity (Wildman–Crippen MR) is 77.8 cm³/mol. The summed E-state index contributed by atoms with van der Waals surface area (Å²) in [4.78, 5) is 0. The van der Waals surface area contributed by atoms with E-state index in [-0.39, 0.29) is 6.04 Å². The van der Waals surface area contributed by atoms with Crippen molar-refractivity contribution in [2.45, 2.75) is 13.0 Å². The summed E-state index contributed by atoms with van der Waals surface area (Å²) in [7, 11) is 0. The van der Waals surface area contributed by atoms with Gasteiger partial charge in [0, 0.05) is 0 Å². The molecule has 3 rings (SSSR count). The van der Waals surface area contributed by atoms with E-state index in [0.717, 1.165) is 22.6 Å². The van der Waals surface area contributed by atoms with E-state index in [2.05, 4.69) is 24.5 Å². The van der Waals surface area contributed by atoms with E-state index < -0.39 is 0 Å². The van der Waals surface area contributed by atoms with Gasteiger partial charge in [-0.15, -0.1) is 0 Å². The monoisotopic (exact) mass is 270 g/mol. The number of fused-ring (bicyclic) bond motifs is 1. The molecule has 20 heavy (non-hydrogen) atoms. The summed E-state index contributed by atoms with van der Waals surface area (Å²) in [6.07, 6.45) is 0. The molecule has 2 aromatic rings. The molecule has 1 atom stereocenters. The van der Waals surface area contributed by atoms with Crippen molar-refractivity contribution in [2.24, 2.45) is 5.84 Å². The van der Waals surface area contributed by atoms with Crippen molar-refractivity contribution in [3.8, 4) is 11.5 Å². The van der Waals surface area contributed by atoms with Crippen LogP contribution in [0.5, 0.6) is 11.5 Å². The number of nitrogens with one attached hydrogen (secondary N) is 1. The Balaban J connectivity index is 1.99. The molecule has 1 heterocycles. The van der Waals surface area contributed by atoms with Gasteiger partial charge >= 0.3 is 0 Å². The van der Waals surface area contributed by atoms with Crippen LogP contribution in [0.15, 0.2) is 42.5 Å². The van der Waals surface area contributed by atoms with Gasteiger partial charge in [0.2, 0.25) is 0 Å². The molecule has 0 saturated carbocycles.